The molecule has 0 saturated heterocycles. The zero-order valence-electron chi connectivity index (χ0n) is 6.00. The fraction of sp³-hybridized carbons (Fsp3) is 0.667. The van der Waals surface area contributed by atoms with Gasteiger partial charge in [-0.25, -0.2) is 0 Å². The number of rotatable bonds is 0. The molecule has 0 fully saturated rings. The van der Waals surface area contributed by atoms with E-state index in [4.69, 9.17) is 0 Å². The van der Waals surface area contributed by atoms with Crippen molar-refractivity contribution in [2.45, 2.75) is 19.4 Å². The molecule has 0 aliphatic carbocycles. The van der Waals surface area contributed by atoms with Gasteiger partial charge in [0.2, 0.25) is 0 Å². The molecule has 0 aromatic rings. The van der Waals surface area contributed by atoms with E-state index in [9.17, 15) is 0 Å². The Labute approximate surface area is 55.0 Å². The summed E-state index contributed by atoms with van der Waals surface area (Å²) in [5, 5.41) is 9.40. The van der Waals surface area contributed by atoms with Crippen molar-refractivity contribution in [2.24, 2.45) is 10.3 Å². The van der Waals surface area contributed by atoms with Gasteiger partial charge in [-0.05, 0) is 19.9 Å². The maximum atomic E-state index is 3.85. The van der Waals surface area contributed by atoms with Crippen molar-refractivity contribution in [2.75, 3.05) is 7.05 Å². The highest BCUT2D eigenvalue weighted by Gasteiger charge is 2.20. The lowest BCUT2D eigenvalue weighted by Gasteiger charge is -2.30. The molecule has 0 radical (unpaired) electrons. The lowest BCUT2D eigenvalue weighted by atomic mass is 10.1. The molecule has 0 saturated carbocycles. The molecule has 0 unspecified atom stereocenters. The predicted molar refractivity (Wildman–Crippen MR) is 35.8 cm³/mol. The summed E-state index contributed by atoms with van der Waals surface area (Å²) < 4.78 is 0. The second-order valence-corrected chi connectivity index (χ2v) is 2.70. The first-order valence-corrected chi connectivity index (χ1v) is 2.95. The van der Waals surface area contributed by atoms with Crippen LogP contribution in [0.1, 0.15) is 13.8 Å². The number of likely N-dealkylation sites (N-methyl/N-ethyl adjacent to an activating group) is 1. The van der Waals surface area contributed by atoms with Crippen LogP contribution in [-0.2, 0) is 0 Å². The summed E-state index contributed by atoms with van der Waals surface area (Å²) in [6.07, 6.45) is 3.74. The molecule has 0 amide bonds. The SMILES string of the molecule is CN1N=NC=CC1(C)C. The van der Waals surface area contributed by atoms with Gasteiger partial charge in [0.15, 0.2) is 0 Å². The standard InChI is InChI=1S/C6H11N3/c1-6(2)4-5-7-8-9(6)3/h4-5H,1-3H3. The first kappa shape index (κ1) is 6.26. The van der Waals surface area contributed by atoms with E-state index >= 15 is 0 Å². The molecule has 0 aromatic carbocycles. The van der Waals surface area contributed by atoms with E-state index in [1.165, 1.54) is 0 Å². The summed E-state index contributed by atoms with van der Waals surface area (Å²) in [7, 11) is 1.91. The molecule has 0 atom stereocenters. The normalized spacial score (nSPS) is 22.8. The average molecular weight is 125 g/mol. The van der Waals surface area contributed by atoms with E-state index in [1.807, 2.05) is 18.1 Å². The minimum Gasteiger partial charge on any atom is -0.272 e. The highest BCUT2D eigenvalue weighted by Crippen LogP contribution is 2.17. The quantitative estimate of drug-likeness (QED) is 0.483. The first-order chi connectivity index (χ1) is 4.13. The number of hydrogen-bond donors (Lipinski definition) is 0. The highest BCUT2D eigenvalue weighted by atomic mass is 15.6. The lowest BCUT2D eigenvalue weighted by Crippen LogP contribution is -2.35. The molecular formula is C6H11N3. The maximum absolute atomic E-state index is 3.85. The van der Waals surface area contributed by atoms with Gasteiger partial charge in [-0.3, -0.25) is 5.01 Å². The Hall–Kier alpha value is -0.860. The molecule has 0 spiro atoms. The van der Waals surface area contributed by atoms with Gasteiger partial charge < -0.3 is 0 Å². The van der Waals surface area contributed by atoms with Crippen LogP contribution in [0.25, 0.3) is 0 Å². The van der Waals surface area contributed by atoms with Crippen LogP contribution < -0.4 is 0 Å². The fourth-order valence-corrected chi connectivity index (χ4v) is 0.546. The molecule has 1 rings (SSSR count). The van der Waals surface area contributed by atoms with Crippen molar-refractivity contribution in [1.29, 1.82) is 0 Å². The minimum atomic E-state index is 0.0295. The molecule has 1 aliphatic heterocycles. The van der Waals surface area contributed by atoms with Gasteiger partial charge in [0.25, 0.3) is 0 Å². The van der Waals surface area contributed by atoms with Crippen LogP contribution in [0.4, 0.5) is 0 Å². The van der Waals surface area contributed by atoms with Crippen molar-refractivity contribution >= 4 is 0 Å². The third kappa shape index (κ3) is 1.09. The van der Waals surface area contributed by atoms with E-state index in [0.29, 0.717) is 0 Å². The van der Waals surface area contributed by atoms with Crippen LogP contribution >= 0.6 is 0 Å². The zero-order valence-corrected chi connectivity index (χ0v) is 6.00. The Kier molecular flexibility index (Phi) is 1.27. The van der Waals surface area contributed by atoms with Crippen molar-refractivity contribution < 1.29 is 0 Å². The molecule has 0 bridgehead atoms. The summed E-state index contributed by atoms with van der Waals surface area (Å²) in [4.78, 5) is 0. The Morgan fingerprint density at radius 2 is 2.11 bits per heavy atom. The topological polar surface area (TPSA) is 28.0 Å². The Morgan fingerprint density at radius 3 is 2.44 bits per heavy atom. The molecule has 3 nitrogen and oxygen atoms in total. The summed E-state index contributed by atoms with van der Waals surface area (Å²) in [6.45, 7) is 4.17. The van der Waals surface area contributed by atoms with Crippen LogP contribution in [0.15, 0.2) is 22.6 Å². The van der Waals surface area contributed by atoms with Crippen LogP contribution in [0.3, 0.4) is 0 Å². The van der Waals surface area contributed by atoms with Crippen molar-refractivity contribution in [3.8, 4) is 0 Å². The monoisotopic (exact) mass is 125 g/mol. The third-order valence-corrected chi connectivity index (χ3v) is 1.57. The van der Waals surface area contributed by atoms with E-state index < -0.39 is 0 Å². The summed E-state index contributed by atoms with van der Waals surface area (Å²) in [5.41, 5.74) is 0.0295. The van der Waals surface area contributed by atoms with E-state index in [-0.39, 0.29) is 5.54 Å². The van der Waals surface area contributed by atoms with Crippen LogP contribution in [0.2, 0.25) is 0 Å². The van der Waals surface area contributed by atoms with E-state index in [1.54, 1.807) is 6.20 Å². The summed E-state index contributed by atoms with van der Waals surface area (Å²) in [6, 6.07) is 0. The van der Waals surface area contributed by atoms with Gasteiger partial charge in [-0.15, -0.1) is 5.11 Å². The van der Waals surface area contributed by atoms with Gasteiger partial charge in [0, 0.05) is 13.2 Å². The minimum absolute atomic E-state index is 0.0295. The van der Waals surface area contributed by atoms with Gasteiger partial charge in [-0.2, -0.15) is 0 Å². The molecule has 1 heterocycles. The Bertz CT molecular complexity index is 158. The average Bonchev–Trinajstić information content (AvgIpc) is 1.77. The lowest BCUT2D eigenvalue weighted by molar-refractivity contribution is 0.191. The second-order valence-electron chi connectivity index (χ2n) is 2.70. The zero-order chi connectivity index (χ0) is 6.91. The van der Waals surface area contributed by atoms with Crippen LogP contribution in [0.5, 0.6) is 0 Å². The third-order valence-electron chi connectivity index (χ3n) is 1.57. The first-order valence-electron chi connectivity index (χ1n) is 2.95. The van der Waals surface area contributed by atoms with E-state index in [2.05, 4.69) is 24.2 Å². The number of hydrogen-bond acceptors (Lipinski definition) is 3. The van der Waals surface area contributed by atoms with Gasteiger partial charge >= 0.3 is 0 Å². The largest absolute Gasteiger partial charge is 0.272 e. The van der Waals surface area contributed by atoms with Crippen LogP contribution in [0, 0.1) is 0 Å². The molecule has 9 heavy (non-hydrogen) atoms. The molecular weight excluding hydrogens is 114 g/mol. The van der Waals surface area contributed by atoms with Gasteiger partial charge in [0.05, 0.1) is 5.54 Å². The summed E-state index contributed by atoms with van der Waals surface area (Å²) in [5.74, 6) is 0. The van der Waals surface area contributed by atoms with Crippen molar-refractivity contribution in [1.82, 2.24) is 5.01 Å². The Morgan fingerprint density at radius 1 is 1.44 bits per heavy atom. The van der Waals surface area contributed by atoms with E-state index in [0.717, 1.165) is 0 Å². The molecule has 0 N–H and O–H groups in total. The Balaban J connectivity index is 2.78. The number of nitrogens with zero attached hydrogens (tertiary/aromatic N) is 3. The van der Waals surface area contributed by atoms with Gasteiger partial charge in [0.1, 0.15) is 0 Å². The smallest absolute Gasteiger partial charge is 0.0734 e. The van der Waals surface area contributed by atoms with Crippen molar-refractivity contribution in [3.05, 3.63) is 12.3 Å². The molecule has 0 aromatic heterocycles. The maximum Gasteiger partial charge on any atom is 0.0734 e. The molecule has 1 aliphatic rings. The van der Waals surface area contributed by atoms with Crippen molar-refractivity contribution in [3.63, 3.8) is 0 Å². The second kappa shape index (κ2) is 1.83. The fourth-order valence-electron chi connectivity index (χ4n) is 0.546. The summed E-state index contributed by atoms with van der Waals surface area (Å²) >= 11 is 0. The van der Waals surface area contributed by atoms with Crippen LogP contribution in [-0.4, -0.2) is 17.6 Å². The molecule has 3 heteroatoms. The predicted octanol–water partition coefficient (Wildman–Crippen LogP) is 1.59. The highest BCUT2D eigenvalue weighted by molar-refractivity contribution is 5.01. The van der Waals surface area contributed by atoms with Gasteiger partial charge in [-0.1, -0.05) is 5.22 Å². The molecule has 50 valence electrons.